The highest BCUT2D eigenvalue weighted by atomic mass is 35.7. The van der Waals surface area contributed by atoms with Crippen molar-refractivity contribution in [2.75, 3.05) is 7.11 Å². The molecule has 0 aliphatic rings. The molecule has 0 bridgehead atoms. The van der Waals surface area contributed by atoms with E-state index in [9.17, 15) is 8.42 Å². The van der Waals surface area contributed by atoms with Crippen LogP contribution in [0.15, 0.2) is 41.4 Å². The smallest absolute Gasteiger partial charge is 0.263 e. The van der Waals surface area contributed by atoms with Crippen LogP contribution in [-0.2, 0) is 9.05 Å². The first kappa shape index (κ1) is 14.1. The number of rotatable bonds is 3. The summed E-state index contributed by atoms with van der Waals surface area (Å²) in [7, 11) is 3.02. The summed E-state index contributed by atoms with van der Waals surface area (Å²) in [5.41, 5.74) is 1.01. The largest absolute Gasteiger partial charge is 0.497 e. The molecular weight excluding hydrogens is 309 g/mol. The van der Waals surface area contributed by atoms with Crippen molar-refractivity contribution in [2.24, 2.45) is 0 Å². The monoisotopic (exact) mass is 317 g/mol. The first-order valence-corrected chi connectivity index (χ1v) is 7.85. The quantitative estimate of drug-likeness (QED) is 0.643. The lowest BCUT2D eigenvalue weighted by Gasteiger charge is -2.08. The van der Waals surface area contributed by atoms with Gasteiger partial charge in [0.2, 0.25) is 0 Å². The molecule has 0 spiro atoms. The number of nitrogens with zero attached hydrogens (tertiary/aromatic N) is 1. The topological polar surface area (TPSA) is 56.3 Å². The Kier molecular flexibility index (Phi) is 3.99. The molecular formula is C12H9Cl2NO3S. The molecule has 2 aromatic rings. The molecule has 0 aliphatic heterocycles. The zero-order valence-electron chi connectivity index (χ0n) is 9.80. The van der Waals surface area contributed by atoms with Gasteiger partial charge in [-0.15, -0.1) is 0 Å². The average Bonchev–Trinajstić information content (AvgIpc) is 2.37. The zero-order chi connectivity index (χ0) is 14.0. The first-order chi connectivity index (χ1) is 8.91. The summed E-state index contributed by atoms with van der Waals surface area (Å²) in [5, 5.41) is 0.182. The molecule has 0 unspecified atom stereocenters. The third kappa shape index (κ3) is 3.18. The lowest BCUT2D eigenvalue weighted by Crippen LogP contribution is -1.96. The van der Waals surface area contributed by atoms with Gasteiger partial charge in [0.05, 0.1) is 7.11 Å². The van der Waals surface area contributed by atoms with E-state index in [2.05, 4.69) is 4.98 Å². The Morgan fingerprint density at radius 3 is 2.63 bits per heavy atom. The summed E-state index contributed by atoms with van der Waals surface area (Å²) < 4.78 is 28.2. The van der Waals surface area contributed by atoms with E-state index >= 15 is 0 Å². The van der Waals surface area contributed by atoms with E-state index in [1.54, 1.807) is 24.3 Å². The lowest BCUT2D eigenvalue weighted by atomic mass is 10.1. The predicted octanol–water partition coefficient (Wildman–Crippen LogP) is 3.34. The molecule has 0 saturated heterocycles. The van der Waals surface area contributed by atoms with Gasteiger partial charge in [-0.3, -0.25) is 0 Å². The summed E-state index contributed by atoms with van der Waals surface area (Å²) >= 11 is 5.81. The molecule has 0 aliphatic carbocycles. The molecule has 1 aromatic carbocycles. The molecule has 0 saturated carbocycles. The number of halogens is 2. The summed E-state index contributed by atoms with van der Waals surface area (Å²) in [6.07, 6.45) is 1.14. The highest BCUT2D eigenvalue weighted by Gasteiger charge is 2.18. The third-order valence-electron chi connectivity index (χ3n) is 2.48. The van der Waals surface area contributed by atoms with Crippen molar-refractivity contribution in [3.63, 3.8) is 0 Å². The number of methoxy groups -OCH3 is 1. The molecule has 0 N–H and O–H groups in total. The number of hydrogen-bond donors (Lipinski definition) is 0. The summed E-state index contributed by atoms with van der Waals surface area (Å²) in [6, 6.07) is 8.37. The Bertz CT molecular complexity index is 717. The third-order valence-corrected chi connectivity index (χ3v) is 4.03. The normalized spacial score (nSPS) is 11.3. The van der Waals surface area contributed by atoms with Crippen molar-refractivity contribution >= 4 is 31.3 Å². The van der Waals surface area contributed by atoms with E-state index in [1.807, 2.05) is 0 Å². The van der Waals surface area contributed by atoms with Crippen LogP contribution in [0.3, 0.4) is 0 Å². The maximum atomic E-state index is 11.5. The lowest BCUT2D eigenvalue weighted by molar-refractivity contribution is 0.415. The van der Waals surface area contributed by atoms with E-state index in [0.29, 0.717) is 16.9 Å². The van der Waals surface area contributed by atoms with Crippen molar-refractivity contribution < 1.29 is 13.2 Å². The van der Waals surface area contributed by atoms with Gasteiger partial charge in [-0.2, -0.15) is 0 Å². The fraction of sp³-hybridized carbons (Fsp3) is 0.0833. The second-order valence-corrected chi connectivity index (χ2v) is 6.59. The average molecular weight is 318 g/mol. The number of aromatic nitrogens is 1. The van der Waals surface area contributed by atoms with E-state index < -0.39 is 9.05 Å². The van der Waals surface area contributed by atoms with Gasteiger partial charge in [0.25, 0.3) is 9.05 Å². The van der Waals surface area contributed by atoms with Gasteiger partial charge in [-0.05, 0) is 23.8 Å². The number of pyridine rings is 1. The second-order valence-electron chi connectivity index (χ2n) is 3.67. The molecule has 0 radical (unpaired) electrons. The van der Waals surface area contributed by atoms with E-state index in [-0.39, 0.29) is 10.0 Å². The molecule has 1 heterocycles. The molecule has 7 heteroatoms. The van der Waals surface area contributed by atoms with Crippen molar-refractivity contribution in [1.82, 2.24) is 4.98 Å². The Morgan fingerprint density at radius 1 is 1.26 bits per heavy atom. The minimum atomic E-state index is -3.91. The van der Waals surface area contributed by atoms with Crippen LogP contribution in [0.2, 0.25) is 5.15 Å². The Labute approximate surface area is 120 Å². The SMILES string of the molecule is COc1cccc(-c2cc(Cl)ncc2S(=O)(=O)Cl)c1. The Balaban J connectivity index is 2.70. The van der Waals surface area contributed by atoms with Crippen LogP contribution in [-0.4, -0.2) is 20.5 Å². The van der Waals surface area contributed by atoms with Crippen LogP contribution in [0.25, 0.3) is 11.1 Å². The summed E-state index contributed by atoms with van der Waals surface area (Å²) in [4.78, 5) is 3.65. The molecule has 2 rings (SSSR count). The number of benzene rings is 1. The van der Waals surface area contributed by atoms with Gasteiger partial charge in [-0.25, -0.2) is 13.4 Å². The first-order valence-electron chi connectivity index (χ1n) is 5.16. The fourth-order valence-electron chi connectivity index (χ4n) is 1.63. The van der Waals surface area contributed by atoms with E-state index in [1.165, 1.54) is 13.2 Å². The zero-order valence-corrected chi connectivity index (χ0v) is 12.1. The van der Waals surface area contributed by atoms with E-state index in [4.69, 9.17) is 27.0 Å². The van der Waals surface area contributed by atoms with Crippen molar-refractivity contribution in [2.45, 2.75) is 4.90 Å². The highest BCUT2D eigenvalue weighted by molar-refractivity contribution is 8.13. The Hall–Kier alpha value is -1.30. The van der Waals surface area contributed by atoms with Gasteiger partial charge in [-0.1, -0.05) is 23.7 Å². The van der Waals surface area contributed by atoms with E-state index in [0.717, 1.165) is 6.20 Å². The molecule has 0 amide bonds. The van der Waals surface area contributed by atoms with Crippen molar-refractivity contribution in [1.29, 1.82) is 0 Å². The van der Waals surface area contributed by atoms with Gasteiger partial charge >= 0.3 is 0 Å². The standard InChI is InChI=1S/C12H9Cl2NO3S/c1-18-9-4-2-3-8(5-9)10-6-12(13)15-7-11(10)19(14,16)17/h2-7H,1H3. The van der Waals surface area contributed by atoms with Crippen molar-refractivity contribution in [3.8, 4) is 16.9 Å². The number of ether oxygens (including phenoxy) is 1. The van der Waals surface area contributed by atoms with Gasteiger partial charge in [0.1, 0.15) is 15.8 Å². The summed E-state index contributed by atoms with van der Waals surface area (Å²) in [5.74, 6) is 0.600. The van der Waals surface area contributed by atoms with Gasteiger partial charge in [0, 0.05) is 22.4 Å². The molecule has 0 fully saturated rings. The van der Waals surface area contributed by atoms with Gasteiger partial charge < -0.3 is 4.74 Å². The molecule has 19 heavy (non-hydrogen) atoms. The van der Waals surface area contributed by atoms with Crippen LogP contribution in [0.1, 0.15) is 0 Å². The minimum Gasteiger partial charge on any atom is -0.497 e. The Morgan fingerprint density at radius 2 is 2.00 bits per heavy atom. The van der Waals surface area contributed by atoms with Crippen LogP contribution < -0.4 is 4.74 Å². The molecule has 0 atom stereocenters. The fourth-order valence-corrected chi connectivity index (χ4v) is 2.77. The highest BCUT2D eigenvalue weighted by Crippen LogP contribution is 2.32. The molecule has 1 aromatic heterocycles. The van der Waals surface area contributed by atoms with Gasteiger partial charge in [0.15, 0.2) is 0 Å². The molecule has 4 nitrogen and oxygen atoms in total. The maximum absolute atomic E-state index is 11.5. The van der Waals surface area contributed by atoms with Crippen LogP contribution in [0.5, 0.6) is 5.75 Å². The maximum Gasteiger partial charge on any atom is 0.263 e. The van der Waals surface area contributed by atoms with Crippen LogP contribution in [0.4, 0.5) is 0 Å². The van der Waals surface area contributed by atoms with Crippen molar-refractivity contribution in [3.05, 3.63) is 41.7 Å². The number of hydrogen-bond acceptors (Lipinski definition) is 4. The second kappa shape index (κ2) is 5.36. The molecule has 100 valence electrons. The van der Waals surface area contributed by atoms with Crippen LogP contribution >= 0.6 is 22.3 Å². The minimum absolute atomic E-state index is 0.0909. The summed E-state index contributed by atoms with van der Waals surface area (Å²) in [6.45, 7) is 0. The van der Waals surface area contributed by atoms with Crippen LogP contribution in [0, 0.1) is 0 Å². The predicted molar refractivity (Wildman–Crippen MR) is 74.3 cm³/mol.